The molecule has 7 heteroatoms. The zero-order valence-corrected chi connectivity index (χ0v) is 40.2. The minimum absolute atomic E-state index is 0.0989. The van der Waals surface area contributed by atoms with Gasteiger partial charge in [0.2, 0.25) is 0 Å². The first-order valence-electron chi connectivity index (χ1n) is 25.2. The van der Waals surface area contributed by atoms with Crippen molar-refractivity contribution in [3.05, 3.63) is 132 Å². The Kier molecular flexibility index (Phi) is 23.8. The van der Waals surface area contributed by atoms with Gasteiger partial charge in [-0.15, -0.1) is 0 Å². The Morgan fingerprint density at radius 2 is 0.667 bits per heavy atom. The molecule has 5 rings (SSSR count). The van der Waals surface area contributed by atoms with Crippen LogP contribution in [-0.4, -0.2) is 37.9 Å². The topological polar surface area (TPSA) is 80.3 Å². The first-order chi connectivity index (χ1) is 32.4. The summed E-state index contributed by atoms with van der Waals surface area (Å²) in [7, 11) is 0. The van der Waals surface area contributed by atoms with E-state index in [-0.39, 0.29) is 12.1 Å². The molecule has 0 saturated heterocycles. The summed E-state index contributed by atoms with van der Waals surface area (Å²) >= 11 is 0. The van der Waals surface area contributed by atoms with Crippen molar-refractivity contribution in [3.8, 4) is 45.3 Å². The van der Waals surface area contributed by atoms with Crippen LogP contribution in [0.3, 0.4) is 0 Å². The summed E-state index contributed by atoms with van der Waals surface area (Å²) in [5.74, 6) is 2.33. The van der Waals surface area contributed by atoms with Crippen LogP contribution in [0, 0.1) is 0 Å². The first-order valence-corrected chi connectivity index (χ1v) is 25.2. The lowest BCUT2D eigenvalue weighted by Gasteiger charge is -2.13. The molecule has 0 aliphatic rings. The highest BCUT2D eigenvalue weighted by molar-refractivity contribution is 5.91. The molecule has 1 unspecified atom stereocenters. The second-order valence-corrected chi connectivity index (χ2v) is 17.6. The van der Waals surface area contributed by atoms with E-state index < -0.39 is 5.97 Å². The predicted molar refractivity (Wildman–Crippen MR) is 270 cm³/mol. The fourth-order valence-corrected chi connectivity index (χ4v) is 7.92. The number of carbonyl (C=O) groups excluding carboxylic acids is 2. The maximum Gasteiger partial charge on any atom is 0.343 e. The molecule has 0 spiro atoms. The molecule has 0 saturated carbocycles. The third-order valence-electron chi connectivity index (χ3n) is 12.0. The molecule has 66 heavy (non-hydrogen) atoms. The molecular weight excluding hydrogens is 821 g/mol. The monoisotopic (exact) mass is 897 g/mol. The third-order valence-corrected chi connectivity index (χ3v) is 12.0. The zero-order valence-electron chi connectivity index (χ0n) is 40.2. The van der Waals surface area contributed by atoms with Crippen molar-refractivity contribution in [2.75, 3.05) is 19.8 Å². The summed E-state index contributed by atoms with van der Waals surface area (Å²) in [5.41, 5.74) is 5.26. The molecule has 5 aromatic rings. The number of rotatable bonds is 33. The highest BCUT2D eigenvalue weighted by Gasteiger charge is 2.13. The van der Waals surface area contributed by atoms with Crippen molar-refractivity contribution in [2.24, 2.45) is 0 Å². The van der Waals surface area contributed by atoms with Crippen LogP contribution in [0.15, 0.2) is 121 Å². The average Bonchev–Trinajstić information content (AvgIpc) is 3.35. The van der Waals surface area contributed by atoms with Crippen molar-refractivity contribution >= 4 is 11.9 Å². The molecule has 0 aliphatic carbocycles. The van der Waals surface area contributed by atoms with Gasteiger partial charge < -0.3 is 23.7 Å². The Labute approximate surface area is 396 Å². The van der Waals surface area contributed by atoms with Crippen LogP contribution in [0.1, 0.15) is 170 Å². The molecule has 0 radical (unpaired) electrons. The summed E-state index contributed by atoms with van der Waals surface area (Å²) in [5, 5.41) is 0. The van der Waals surface area contributed by atoms with Crippen molar-refractivity contribution in [1.29, 1.82) is 0 Å². The van der Waals surface area contributed by atoms with Gasteiger partial charge in [0.15, 0.2) is 0 Å². The lowest BCUT2D eigenvalue weighted by molar-refractivity contribution is 0.0319. The average molecular weight is 897 g/mol. The van der Waals surface area contributed by atoms with Crippen LogP contribution in [0.25, 0.3) is 22.3 Å². The number of carbonyl (C=O) groups is 2. The van der Waals surface area contributed by atoms with E-state index in [0.29, 0.717) is 23.5 Å². The van der Waals surface area contributed by atoms with Crippen molar-refractivity contribution in [3.63, 3.8) is 0 Å². The highest BCUT2D eigenvalue weighted by Crippen LogP contribution is 2.27. The van der Waals surface area contributed by atoms with Crippen molar-refractivity contribution < 1.29 is 33.3 Å². The SMILES string of the molecule is CCCCCCCCCCOc1ccc(-c2ccc(OCCCCCCCCCOc3ccc(C(=O)Oc4ccc(-c5ccc(C(=O)OC(C)CCCCCC)cc5)cc4)cc3)cc2)cc1. The van der Waals surface area contributed by atoms with Crippen LogP contribution in [0.5, 0.6) is 23.0 Å². The van der Waals surface area contributed by atoms with Crippen molar-refractivity contribution in [1.82, 2.24) is 0 Å². The summed E-state index contributed by atoms with van der Waals surface area (Å²) in [6.45, 7) is 8.58. The van der Waals surface area contributed by atoms with E-state index in [9.17, 15) is 9.59 Å². The summed E-state index contributed by atoms with van der Waals surface area (Å²) in [6, 6.07) is 38.7. The molecule has 5 aromatic carbocycles. The molecular formula is C59H76O7. The molecule has 0 heterocycles. The largest absolute Gasteiger partial charge is 0.494 e. The molecule has 0 bridgehead atoms. The fraction of sp³-hybridized carbons (Fsp3) is 0.458. The molecule has 0 aliphatic heterocycles. The molecule has 0 aromatic heterocycles. The quantitative estimate of drug-likeness (QED) is 0.0236. The third kappa shape index (κ3) is 19.5. The van der Waals surface area contributed by atoms with Gasteiger partial charge >= 0.3 is 11.9 Å². The second-order valence-electron chi connectivity index (χ2n) is 17.6. The van der Waals surface area contributed by atoms with E-state index in [2.05, 4.69) is 62.4 Å². The maximum atomic E-state index is 12.9. The zero-order chi connectivity index (χ0) is 46.4. The molecule has 354 valence electrons. The van der Waals surface area contributed by atoms with Gasteiger partial charge in [-0.3, -0.25) is 0 Å². The van der Waals surface area contributed by atoms with Gasteiger partial charge in [-0.05, 0) is 134 Å². The van der Waals surface area contributed by atoms with Crippen LogP contribution >= 0.6 is 0 Å². The number of hydrogen-bond donors (Lipinski definition) is 0. The Morgan fingerprint density at radius 3 is 1.08 bits per heavy atom. The summed E-state index contributed by atoms with van der Waals surface area (Å²) < 4.78 is 29.2. The van der Waals surface area contributed by atoms with Crippen LogP contribution in [-0.2, 0) is 4.74 Å². The summed E-state index contributed by atoms with van der Waals surface area (Å²) in [4.78, 5) is 25.5. The molecule has 0 N–H and O–H groups in total. The number of hydrogen-bond acceptors (Lipinski definition) is 7. The van der Waals surface area contributed by atoms with E-state index in [1.165, 1.54) is 94.6 Å². The lowest BCUT2D eigenvalue weighted by Crippen LogP contribution is -2.15. The minimum Gasteiger partial charge on any atom is -0.494 e. The van der Waals surface area contributed by atoms with Crippen molar-refractivity contribution in [2.45, 2.75) is 155 Å². The van der Waals surface area contributed by atoms with Gasteiger partial charge in [-0.1, -0.05) is 159 Å². The molecule has 0 amide bonds. The second kappa shape index (κ2) is 30.6. The highest BCUT2D eigenvalue weighted by atomic mass is 16.5. The van der Waals surface area contributed by atoms with Gasteiger partial charge in [0.25, 0.3) is 0 Å². The number of ether oxygens (including phenoxy) is 5. The van der Waals surface area contributed by atoms with Gasteiger partial charge in [-0.25, -0.2) is 9.59 Å². The van der Waals surface area contributed by atoms with E-state index >= 15 is 0 Å². The van der Waals surface area contributed by atoms with Gasteiger partial charge in [-0.2, -0.15) is 0 Å². The van der Waals surface area contributed by atoms with Gasteiger partial charge in [0.05, 0.1) is 37.1 Å². The number of esters is 2. The van der Waals surface area contributed by atoms with E-state index in [4.69, 9.17) is 23.7 Å². The molecule has 0 fully saturated rings. The maximum absolute atomic E-state index is 12.9. The fourth-order valence-electron chi connectivity index (χ4n) is 7.92. The Balaban J connectivity index is 0.866. The predicted octanol–water partition coefficient (Wildman–Crippen LogP) is 16.5. The van der Waals surface area contributed by atoms with E-state index in [1.54, 1.807) is 36.4 Å². The number of benzene rings is 5. The smallest absolute Gasteiger partial charge is 0.343 e. The lowest BCUT2D eigenvalue weighted by atomic mass is 10.0. The van der Waals surface area contributed by atoms with Crippen LogP contribution in [0.2, 0.25) is 0 Å². The molecule has 7 nitrogen and oxygen atoms in total. The van der Waals surface area contributed by atoms with Crippen LogP contribution < -0.4 is 18.9 Å². The Hall–Kier alpha value is -5.56. The first kappa shape index (κ1) is 51.4. The minimum atomic E-state index is -0.426. The number of unbranched alkanes of at least 4 members (excludes halogenated alkanes) is 16. The van der Waals surface area contributed by atoms with E-state index in [0.717, 1.165) is 86.5 Å². The normalized spacial score (nSPS) is 11.5. The summed E-state index contributed by atoms with van der Waals surface area (Å²) in [6.07, 6.45) is 23.8. The Morgan fingerprint density at radius 1 is 0.364 bits per heavy atom. The van der Waals surface area contributed by atoms with Gasteiger partial charge in [0, 0.05) is 0 Å². The standard InChI is InChI=1S/C59H76O7/c1-4-6-8-10-11-13-16-20-44-62-54-36-28-49(29-37-54)50-30-38-55(39-31-50)63-45-21-17-14-12-15-18-22-46-64-56-40-34-53(35-41-56)59(61)66-57-42-32-51(33-43-57)48-24-26-52(27-25-48)58(60)65-47(3)23-19-9-7-5-2/h24-43,47H,4-23,44-46H2,1-3H3. The van der Waals surface area contributed by atoms with Gasteiger partial charge in [0.1, 0.15) is 23.0 Å². The molecule has 1 atom stereocenters. The van der Waals surface area contributed by atoms with Crippen LogP contribution in [0.4, 0.5) is 0 Å². The Bertz CT molecular complexity index is 2060. The van der Waals surface area contributed by atoms with E-state index in [1.807, 2.05) is 43.3 Å².